The Morgan fingerprint density at radius 1 is 1.29 bits per heavy atom. The van der Waals surface area contributed by atoms with Crippen LogP contribution in [-0.4, -0.2) is 25.2 Å². The van der Waals surface area contributed by atoms with Crippen LogP contribution in [0.1, 0.15) is 16.1 Å². The minimum absolute atomic E-state index is 0.208. The Hall–Kier alpha value is -2.76. The van der Waals surface area contributed by atoms with Gasteiger partial charge in [-0.25, -0.2) is 9.78 Å². The Morgan fingerprint density at radius 3 is 2.81 bits per heavy atom. The quantitative estimate of drug-likeness (QED) is 0.819. The van der Waals surface area contributed by atoms with Gasteiger partial charge in [-0.15, -0.1) is 0 Å². The summed E-state index contributed by atoms with van der Waals surface area (Å²) >= 11 is 0. The van der Waals surface area contributed by atoms with Crippen LogP contribution in [0.2, 0.25) is 0 Å². The maximum Gasteiger partial charge on any atom is 0.356 e. The fraction of sp³-hybridized carbons (Fsp3) is 0.200. The van der Waals surface area contributed by atoms with Crippen molar-refractivity contribution < 1.29 is 14.3 Å². The van der Waals surface area contributed by atoms with E-state index in [0.717, 1.165) is 11.3 Å². The van der Waals surface area contributed by atoms with Gasteiger partial charge < -0.3 is 20.5 Å². The Labute approximate surface area is 122 Å². The Kier molecular flexibility index (Phi) is 4.61. The Morgan fingerprint density at radius 2 is 2.10 bits per heavy atom. The lowest BCUT2D eigenvalue weighted by Gasteiger charge is -2.10. The lowest BCUT2D eigenvalue weighted by atomic mass is 10.2. The van der Waals surface area contributed by atoms with Crippen LogP contribution in [0.5, 0.6) is 5.75 Å². The molecule has 1 aromatic heterocycles. The highest BCUT2D eigenvalue weighted by Crippen LogP contribution is 2.18. The first kappa shape index (κ1) is 14.6. The van der Waals surface area contributed by atoms with Gasteiger partial charge in [-0.3, -0.25) is 0 Å². The number of pyridine rings is 1. The SMILES string of the molecule is COC(=O)c1ccc(N)c(NCc2cccc(OC)c2)n1. The molecule has 0 aliphatic rings. The molecule has 0 saturated heterocycles. The van der Waals surface area contributed by atoms with Gasteiger partial charge in [0, 0.05) is 6.54 Å². The molecule has 6 heteroatoms. The van der Waals surface area contributed by atoms with E-state index in [4.69, 9.17) is 10.5 Å². The fourth-order valence-electron chi connectivity index (χ4n) is 1.80. The number of methoxy groups -OCH3 is 2. The monoisotopic (exact) mass is 287 g/mol. The lowest BCUT2D eigenvalue weighted by Crippen LogP contribution is -2.10. The summed E-state index contributed by atoms with van der Waals surface area (Å²) in [5.74, 6) is 0.721. The number of carbonyl (C=O) groups excluding carboxylic acids is 1. The third kappa shape index (κ3) is 3.62. The second-order valence-electron chi connectivity index (χ2n) is 4.33. The standard InChI is InChI=1S/C15H17N3O3/c1-20-11-5-3-4-10(8-11)9-17-14-12(16)6-7-13(18-14)15(19)21-2/h3-8H,9,16H2,1-2H3,(H,17,18). The van der Waals surface area contributed by atoms with Gasteiger partial charge in [0.15, 0.2) is 5.69 Å². The maximum absolute atomic E-state index is 11.5. The number of aromatic nitrogens is 1. The van der Waals surface area contributed by atoms with Gasteiger partial charge in [0.1, 0.15) is 11.6 Å². The number of anilines is 2. The molecule has 0 aliphatic heterocycles. The molecular formula is C15H17N3O3. The fourth-order valence-corrected chi connectivity index (χ4v) is 1.80. The molecule has 0 spiro atoms. The molecule has 2 rings (SSSR count). The molecule has 0 bridgehead atoms. The zero-order valence-electron chi connectivity index (χ0n) is 11.9. The normalized spacial score (nSPS) is 10.0. The van der Waals surface area contributed by atoms with Crippen LogP contribution in [0.25, 0.3) is 0 Å². The van der Waals surface area contributed by atoms with E-state index >= 15 is 0 Å². The van der Waals surface area contributed by atoms with E-state index in [-0.39, 0.29) is 5.69 Å². The number of nitrogen functional groups attached to an aromatic ring is 1. The molecule has 2 aromatic rings. The van der Waals surface area contributed by atoms with Crippen molar-refractivity contribution in [1.82, 2.24) is 4.98 Å². The van der Waals surface area contributed by atoms with Crippen LogP contribution in [0.3, 0.4) is 0 Å². The zero-order valence-corrected chi connectivity index (χ0v) is 11.9. The number of benzene rings is 1. The summed E-state index contributed by atoms with van der Waals surface area (Å²) in [5, 5.41) is 3.10. The molecule has 0 radical (unpaired) electrons. The average Bonchev–Trinajstić information content (AvgIpc) is 2.53. The summed E-state index contributed by atoms with van der Waals surface area (Å²) < 4.78 is 9.80. The van der Waals surface area contributed by atoms with Gasteiger partial charge in [-0.05, 0) is 29.8 Å². The smallest absolute Gasteiger partial charge is 0.356 e. The number of ether oxygens (including phenoxy) is 2. The van der Waals surface area contributed by atoms with E-state index < -0.39 is 5.97 Å². The second kappa shape index (κ2) is 6.60. The van der Waals surface area contributed by atoms with Gasteiger partial charge in [-0.1, -0.05) is 12.1 Å². The number of nitrogens with one attached hydrogen (secondary N) is 1. The minimum atomic E-state index is -0.501. The van der Waals surface area contributed by atoms with E-state index in [1.165, 1.54) is 13.2 Å². The van der Waals surface area contributed by atoms with E-state index in [0.29, 0.717) is 18.1 Å². The van der Waals surface area contributed by atoms with E-state index in [1.807, 2.05) is 24.3 Å². The highest BCUT2D eigenvalue weighted by molar-refractivity contribution is 5.88. The van der Waals surface area contributed by atoms with Crippen LogP contribution in [0.15, 0.2) is 36.4 Å². The molecule has 0 aliphatic carbocycles. The number of carbonyl (C=O) groups is 1. The molecule has 0 atom stereocenters. The van der Waals surface area contributed by atoms with Crippen molar-refractivity contribution in [2.24, 2.45) is 0 Å². The van der Waals surface area contributed by atoms with E-state index in [9.17, 15) is 4.79 Å². The molecule has 0 unspecified atom stereocenters. The summed E-state index contributed by atoms with van der Waals surface area (Å²) in [7, 11) is 2.93. The Balaban J connectivity index is 2.13. The average molecular weight is 287 g/mol. The first-order valence-corrected chi connectivity index (χ1v) is 6.35. The van der Waals surface area contributed by atoms with Crippen molar-refractivity contribution in [1.29, 1.82) is 0 Å². The van der Waals surface area contributed by atoms with Crippen molar-refractivity contribution >= 4 is 17.5 Å². The van der Waals surface area contributed by atoms with Gasteiger partial charge in [0.25, 0.3) is 0 Å². The van der Waals surface area contributed by atoms with Gasteiger partial charge in [0.2, 0.25) is 0 Å². The number of hydrogen-bond donors (Lipinski definition) is 2. The molecule has 1 heterocycles. The molecule has 21 heavy (non-hydrogen) atoms. The summed E-state index contributed by atoms with van der Waals surface area (Å²) in [5.41, 5.74) is 7.53. The molecule has 0 fully saturated rings. The van der Waals surface area contributed by atoms with Crippen LogP contribution in [-0.2, 0) is 11.3 Å². The minimum Gasteiger partial charge on any atom is -0.497 e. The first-order valence-electron chi connectivity index (χ1n) is 6.35. The largest absolute Gasteiger partial charge is 0.497 e. The number of hydrogen-bond acceptors (Lipinski definition) is 6. The summed E-state index contributed by atoms with van der Waals surface area (Å²) in [6.45, 7) is 0.513. The zero-order chi connectivity index (χ0) is 15.2. The van der Waals surface area contributed by atoms with E-state index in [1.54, 1.807) is 13.2 Å². The number of esters is 1. The van der Waals surface area contributed by atoms with Crippen molar-refractivity contribution in [3.8, 4) is 5.75 Å². The Bertz CT molecular complexity index is 644. The van der Waals surface area contributed by atoms with Crippen molar-refractivity contribution in [3.63, 3.8) is 0 Å². The summed E-state index contributed by atoms with van der Waals surface area (Å²) in [6, 6.07) is 10.8. The van der Waals surface area contributed by atoms with E-state index in [2.05, 4.69) is 15.0 Å². The second-order valence-corrected chi connectivity index (χ2v) is 4.33. The van der Waals surface area contributed by atoms with Crippen LogP contribution in [0.4, 0.5) is 11.5 Å². The molecule has 0 saturated carbocycles. The lowest BCUT2D eigenvalue weighted by molar-refractivity contribution is 0.0594. The number of rotatable bonds is 5. The van der Waals surface area contributed by atoms with Crippen LogP contribution < -0.4 is 15.8 Å². The third-order valence-corrected chi connectivity index (χ3v) is 2.92. The highest BCUT2D eigenvalue weighted by atomic mass is 16.5. The van der Waals surface area contributed by atoms with Gasteiger partial charge in [0.05, 0.1) is 19.9 Å². The molecular weight excluding hydrogens is 270 g/mol. The van der Waals surface area contributed by atoms with Gasteiger partial charge >= 0.3 is 5.97 Å². The summed E-state index contributed by atoms with van der Waals surface area (Å²) in [6.07, 6.45) is 0. The molecule has 3 N–H and O–H groups in total. The van der Waals surface area contributed by atoms with Crippen molar-refractivity contribution in [2.45, 2.75) is 6.54 Å². The topological polar surface area (TPSA) is 86.5 Å². The highest BCUT2D eigenvalue weighted by Gasteiger charge is 2.10. The maximum atomic E-state index is 11.5. The predicted molar refractivity (Wildman–Crippen MR) is 80.3 cm³/mol. The third-order valence-electron chi connectivity index (χ3n) is 2.92. The van der Waals surface area contributed by atoms with Gasteiger partial charge in [-0.2, -0.15) is 0 Å². The molecule has 1 aromatic carbocycles. The summed E-state index contributed by atoms with van der Waals surface area (Å²) in [4.78, 5) is 15.6. The molecule has 0 amide bonds. The number of nitrogens with zero attached hydrogens (tertiary/aromatic N) is 1. The molecule has 6 nitrogen and oxygen atoms in total. The van der Waals surface area contributed by atoms with Crippen LogP contribution in [0, 0.1) is 0 Å². The first-order chi connectivity index (χ1) is 10.1. The van der Waals surface area contributed by atoms with Crippen molar-refractivity contribution in [3.05, 3.63) is 47.7 Å². The molecule has 110 valence electrons. The van der Waals surface area contributed by atoms with Crippen molar-refractivity contribution in [2.75, 3.05) is 25.3 Å². The van der Waals surface area contributed by atoms with Crippen LogP contribution >= 0.6 is 0 Å². The predicted octanol–water partition coefficient (Wildman–Crippen LogP) is 2.07. The number of nitrogens with two attached hydrogens (primary N) is 1.